The number of hydrogen-bond acceptors (Lipinski definition) is 4. The van der Waals surface area contributed by atoms with Gasteiger partial charge in [0.15, 0.2) is 0 Å². The van der Waals surface area contributed by atoms with Crippen molar-refractivity contribution in [2.45, 2.75) is 38.6 Å². The lowest BCUT2D eigenvalue weighted by atomic mass is 10.0. The molecule has 2 heterocycles. The summed E-state index contributed by atoms with van der Waals surface area (Å²) in [5.74, 6) is 0.711. The zero-order chi connectivity index (χ0) is 12.3. The summed E-state index contributed by atoms with van der Waals surface area (Å²) in [6.45, 7) is 3.19. The number of rotatable bonds is 3. The Morgan fingerprint density at radius 3 is 3.12 bits per heavy atom. The second-order valence-corrected chi connectivity index (χ2v) is 4.41. The molecule has 3 N–H and O–H groups in total. The number of piperidine rings is 1. The molecule has 5 heteroatoms. The van der Waals surface area contributed by atoms with Crippen LogP contribution in [0.1, 0.15) is 38.3 Å². The first-order valence-electron chi connectivity index (χ1n) is 6.16. The molecule has 2 rings (SSSR count). The molecule has 92 valence electrons. The van der Waals surface area contributed by atoms with Crippen LogP contribution in [0.3, 0.4) is 0 Å². The molecule has 1 saturated heterocycles. The van der Waals surface area contributed by atoms with Crippen molar-refractivity contribution in [3.8, 4) is 0 Å². The zero-order valence-electron chi connectivity index (χ0n) is 10.2. The average molecular weight is 233 g/mol. The van der Waals surface area contributed by atoms with Crippen LogP contribution in [-0.4, -0.2) is 28.4 Å². The molecule has 1 aliphatic heterocycles. The Kier molecular flexibility index (Phi) is 3.56. The van der Waals surface area contributed by atoms with Crippen molar-refractivity contribution in [1.82, 2.24) is 9.97 Å². The molecule has 0 saturated carbocycles. The van der Waals surface area contributed by atoms with Gasteiger partial charge < -0.3 is 10.6 Å². The van der Waals surface area contributed by atoms with Gasteiger partial charge in [-0.15, -0.1) is 0 Å². The maximum Gasteiger partial charge on any atom is 0.226 e. The highest BCUT2D eigenvalue weighted by molar-refractivity contribution is 5.93. The van der Waals surface area contributed by atoms with E-state index in [0.29, 0.717) is 17.7 Å². The van der Waals surface area contributed by atoms with E-state index >= 15 is 0 Å². The highest BCUT2D eigenvalue weighted by atomic mass is 15.3. The molecule has 0 bridgehead atoms. The van der Waals surface area contributed by atoms with Gasteiger partial charge in [0, 0.05) is 18.8 Å². The summed E-state index contributed by atoms with van der Waals surface area (Å²) >= 11 is 0. The van der Waals surface area contributed by atoms with Gasteiger partial charge in [-0.1, -0.05) is 6.92 Å². The van der Waals surface area contributed by atoms with Crippen LogP contribution in [0.4, 0.5) is 5.95 Å². The molecule has 1 fully saturated rings. The Hall–Kier alpha value is -1.65. The van der Waals surface area contributed by atoms with Crippen LogP contribution in [0, 0.1) is 5.41 Å². The third kappa shape index (κ3) is 2.54. The van der Waals surface area contributed by atoms with Gasteiger partial charge in [0.25, 0.3) is 0 Å². The van der Waals surface area contributed by atoms with Crippen molar-refractivity contribution in [2.24, 2.45) is 5.73 Å². The number of nitrogen functional groups attached to an aromatic ring is 1. The van der Waals surface area contributed by atoms with Crippen LogP contribution in [0.2, 0.25) is 0 Å². The number of hydrogen-bond donors (Lipinski definition) is 2. The number of nitrogens with one attached hydrogen (secondary N) is 1. The van der Waals surface area contributed by atoms with E-state index < -0.39 is 0 Å². The Labute approximate surface area is 102 Å². The first-order valence-corrected chi connectivity index (χ1v) is 6.16. The van der Waals surface area contributed by atoms with Crippen LogP contribution in [0.15, 0.2) is 12.3 Å². The number of aromatic nitrogens is 2. The van der Waals surface area contributed by atoms with Crippen molar-refractivity contribution in [3.63, 3.8) is 0 Å². The predicted molar refractivity (Wildman–Crippen MR) is 68.3 cm³/mol. The molecular formula is C12H19N5. The molecular weight excluding hydrogens is 214 g/mol. The molecule has 0 amide bonds. The van der Waals surface area contributed by atoms with Crippen LogP contribution in [0.5, 0.6) is 0 Å². The number of nitrogens with zero attached hydrogens (tertiary/aromatic N) is 3. The first kappa shape index (κ1) is 11.8. The molecule has 5 nitrogen and oxygen atoms in total. The summed E-state index contributed by atoms with van der Waals surface area (Å²) in [7, 11) is 0. The Morgan fingerprint density at radius 1 is 1.59 bits per heavy atom. The monoisotopic (exact) mass is 233 g/mol. The highest BCUT2D eigenvalue weighted by Gasteiger charge is 2.23. The molecule has 1 aromatic rings. The topological polar surface area (TPSA) is 78.9 Å². The van der Waals surface area contributed by atoms with Gasteiger partial charge in [0.2, 0.25) is 5.95 Å². The number of anilines is 1. The molecule has 0 radical (unpaired) electrons. The molecule has 17 heavy (non-hydrogen) atoms. The smallest absolute Gasteiger partial charge is 0.226 e. The number of nitrogens with two attached hydrogens (primary N) is 1. The van der Waals surface area contributed by atoms with Gasteiger partial charge in [-0.25, -0.2) is 9.97 Å². The van der Waals surface area contributed by atoms with Crippen LogP contribution < -0.4 is 10.6 Å². The van der Waals surface area contributed by atoms with Crippen molar-refractivity contribution in [2.75, 3.05) is 11.4 Å². The van der Waals surface area contributed by atoms with Gasteiger partial charge >= 0.3 is 0 Å². The quantitative estimate of drug-likeness (QED) is 0.613. The third-order valence-corrected chi connectivity index (χ3v) is 3.27. The van der Waals surface area contributed by atoms with Crippen molar-refractivity contribution in [1.29, 1.82) is 5.41 Å². The number of amidine groups is 1. The summed E-state index contributed by atoms with van der Waals surface area (Å²) in [5.41, 5.74) is 5.96. The molecule has 0 aromatic carbocycles. The summed E-state index contributed by atoms with van der Waals surface area (Å²) < 4.78 is 0. The minimum Gasteiger partial charge on any atom is -0.382 e. The summed E-state index contributed by atoms with van der Waals surface area (Å²) in [6.07, 6.45) is 6.45. The van der Waals surface area contributed by atoms with Gasteiger partial charge in [-0.2, -0.15) is 0 Å². The fraction of sp³-hybridized carbons (Fsp3) is 0.583. The lowest BCUT2D eigenvalue weighted by Gasteiger charge is -2.35. The zero-order valence-corrected chi connectivity index (χ0v) is 10.2. The summed E-state index contributed by atoms with van der Waals surface area (Å²) in [6, 6.07) is 2.20. The van der Waals surface area contributed by atoms with Crippen LogP contribution >= 0.6 is 0 Å². The highest BCUT2D eigenvalue weighted by Crippen LogP contribution is 2.23. The Bertz CT molecular complexity index is 404. The molecule has 1 atom stereocenters. The largest absolute Gasteiger partial charge is 0.382 e. The van der Waals surface area contributed by atoms with Crippen LogP contribution in [-0.2, 0) is 0 Å². The minimum absolute atomic E-state index is 0.00120. The Balaban J connectivity index is 2.25. The SMILES string of the molecule is CCC1CCCCN1c1nccc(C(=N)N)n1. The van der Waals surface area contributed by atoms with Crippen molar-refractivity contribution < 1.29 is 0 Å². The predicted octanol–water partition coefficient (Wildman–Crippen LogP) is 1.53. The van der Waals surface area contributed by atoms with Crippen LogP contribution in [0.25, 0.3) is 0 Å². The molecule has 1 aliphatic rings. The Morgan fingerprint density at radius 2 is 2.41 bits per heavy atom. The molecule has 1 aromatic heterocycles. The summed E-state index contributed by atoms with van der Waals surface area (Å²) in [4.78, 5) is 10.9. The van der Waals surface area contributed by atoms with Gasteiger partial charge in [0.1, 0.15) is 11.5 Å². The minimum atomic E-state index is -0.00120. The maximum atomic E-state index is 7.41. The third-order valence-electron chi connectivity index (χ3n) is 3.27. The second kappa shape index (κ2) is 5.12. The van der Waals surface area contributed by atoms with Crippen molar-refractivity contribution in [3.05, 3.63) is 18.0 Å². The molecule has 0 spiro atoms. The van der Waals surface area contributed by atoms with Gasteiger partial charge in [0.05, 0.1) is 0 Å². The van der Waals surface area contributed by atoms with E-state index in [9.17, 15) is 0 Å². The normalized spacial score (nSPS) is 20.3. The van der Waals surface area contributed by atoms with E-state index in [1.165, 1.54) is 19.3 Å². The van der Waals surface area contributed by atoms with E-state index in [4.69, 9.17) is 11.1 Å². The van der Waals surface area contributed by atoms with E-state index in [1.807, 2.05) is 0 Å². The fourth-order valence-corrected chi connectivity index (χ4v) is 2.33. The molecule has 1 unspecified atom stereocenters. The van der Waals surface area contributed by atoms with E-state index in [0.717, 1.165) is 13.0 Å². The van der Waals surface area contributed by atoms with E-state index in [1.54, 1.807) is 12.3 Å². The van der Waals surface area contributed by atoms with E-state index in [-0.39, 0.29) is 5.84 Å². The van der Waals surface area contributed by atoms with Crippen molar-refractivity contribution >= 4 is 11.8 Å². The maximum absolute atomic E-state index is 7.41. The standard InChI is InChI=1S/C12H19N5/c1-2-9-5-3-4-8-17(9)12-15-7-6-10(16-12)11(13)14/h6-7,9H,2-5,8H2,1H3,(H3,13,14). The lowest BCUT2D eigenvalue weighted by Crippen LogP contribution is -2.40. The average Bonchev–Trinajstić information content (AvgIpc) is 2.39. The van der Waals surface area contributed by atoms with Gasteiger partial charge in [-0.3, -0.25) is 5.41 Å². The second-order valence-electron chi connectivity index (χ2n) is 4.41. The fourth-order valence-electron chi connectivity index (χ4n) is 2.33. The van der Waals surface area contributed by atoms with E-state index in [2.05, 4.69) is 21.8 Å². The van der Waals surface area contributed by atoms with Gasteiger partial charge in [-0.05, 0) is 31.7 Å². The lowest BCUT2D eigenvalue weighted by molar-refractivity contribution is 0.443. The molecule has 0 aliphatic carbocycles. The first-order chi connectivity index (χ1) is 8.22. The summed E-state index contributed by atoms with van der Waals surface area (Å²) in [5, 5.41) is 7.41.